The Hall–Kier alpha value is -0.130. The predicted molar refractivity (Wildman–Crippen MR) is 39.7 cm³/mol. The summed E-state index contributed by atoms with van der Waals surface area (Å²) in [6, 6.07) is 0. The van der Waals surface area contributed by atoms with Gasteiger partial charge in [0.1, 0.15) is 6.10 Å². The topological polar surface area (TPSA) is 55.9 Å². The fourth-order valence-electron chi connectivity index (χ4n) is 0.471. The Bertz CT molecular complexity index is 215. The van der Waals surface area contributed by atoms with Crippen molar-refractivity contribution in [3.05, 3.63) is 0 Å². The molecule has 5 heteroatoms. The monoisotopic (exact) mass is 180 g/mol. The van der Waals surface area contributed by atoms with Crippen LogP contribution < -0.4 is 0 Å². The van der Waals surface area contributed by atoms with Gasteiger partial charge in [-0.3, -0.25) is 4.18 Å². The van der Waals surface area contributed by atoms with Crippen molar-refractivity contribution in [2.75, 3.05) is 13.2 Å². The summed E-state index contributed by atoms with van der Waals surface area (Å²) in [5, 5.41) is -0.471. The number of rotatable bonds is 4. The summed E-state index contributed by atoms with van der Waals surface area (Å²) in [7, 11) is -3.33. The van der Waals surface area contributed by atoms with Crippen LogP contribution in [0, 0.1) is 0 Å². The fraction of sp³-hybridized carbons (Fsp3) is 1.00. The van der Waals surface area contributed by atoms with Crippen molar-refractivity contribution in [1.29, 1.82) is 0 Å². The minimum absolute atomic E-state index is 0.00326. The maximum Gasteiger partial charge on any atom is 0.269 e. The molecule has 1 saturated heterocycles. The van der Waals surface area contributed by atoms with Crippen molar-refractivity contribution < 1.29 is 17.3 Å². The van der Waals surface area contributed by atoms with E-state index in [0.29, 0.717) is 6.61 Å². The van der Waals surface area contributed by atoms with E-state index in [4.69, 9.17) is 4.74 Å². The summed E-state index contributed by atoms with van der Waals surface area (Å²) in [6.45, 7) is 3.96. The summed E-state index contributed by atoms with van der Waals surface area (Å²) in [6.07, 6.45) is 0.00326. The second kappa shape index (κ2) is 3.08. The molecule has 1 atom stereocenters. The minimum atomic E-state index is -3.33. The van der Waals surface area contributed by atoms with Gasteiger partial charge in [0.15, 0.2) is 0 Å². The molecule has 1 aliphatic heterocycles. The van der Waals surface area contributed by atoms with Crippen molar-refractivity contribution in [2.24, 2.45) is 0 Å². The Morgan fingerprint density at radius 1 is 1.64 bits per heavy atom. The van der Waals surface area contributed by atoms with Gasteiger partial charge in [-0.1, -0.05) is 0 Å². The zero-order valence-electron chi connectivity index (χ0n) is 6.61. The van der Waals surface area contributed by atoms with Crippen molar-refractivity contribution in [1.82, 2.24) is 0 Å². The van der Waals surface area contributed by atoms with E-state index in [2.05, 4.69) is 4.18 Å². The maximum absolute atomic E-state index is 11.0. The smallest absolute Gasteiger partial charge is 0.269 e. The molecule has 4 nitrogen and oxygen atoms in total. The molecule has 1 fully saturated rings. The number of hydrogen-bond donors (Lipinski definition) is 0. The normalized spacial score (nSPS) is 24.1. The first kappa shape index (κ1) is 8.96. The van der Waals surface area contributed by atoms with E-state index in [1.54, 1.807) is 13.8 Å². The molecule has 1 rings (SSSR count). The van der Waals surface area contributed by atoms with Gasteiger partial charge in [-0.2, -0.15) is 8.42 Å². The highest BCUT2D eigenvalue weighted by Crippen LogP contribution is 2.12. The van der Waals surface area contributed by atoms with Gasteiger partial charge < -0.3 is 4.74 Å². The first-order valence-electron chi connectivity index (χ1n) is 3.52. The van der Waals surface area contributed by atoms with Crippen molar-refractivity contribution in [3.63, 3.8) is 0 Å². The molecular weight excluding hydrogens is 168 g/mol. The van der Waals surface area contributed by atoms with E-state index in [0.717, 1.165) is 0 Å². The summed E-state index contributed by atoms with van der Waals surface area (Å²) in [4.78, 5) is 0. The molecule has 1 aliphatic rings. The summed E-state index contributed by atoms with van der Waals surface area (Å²) in [5.74, 6) is 0. The zero-order valence-corrected chi connectivity index (χ0v) is 7.43. The van der Waals surface area contributed by atoms with Crippen LogP contribution >= 0.6 is 0 Å². The summed E-state index contributed by atoms with van der Waals surface area (Å²) >= 11 is 0. The Kier molecular flexibility index (Phi) is 2.51. The van der Waals surface area contributed by atoms with Gasteiger partial charge in [-0.25, -0.2) is 0 Å². The molecule has 0 unspecified atom stereocenters. The molecule has 0 bridgehead atoms. The lowest BCUT2D eigenvalue weighted by molar-refractivity contribution is 0.264. The van der Waals surface area contributed by atoms with E-state index in [1.165, 1.54) is 0 Å². The first-order valence-corrected chi connectivity index (χ1v) is 4.99. The molecule has 0 aliphatic carbocycles. The van der Waals surface area contributed by atoms with Gasteiger partial charge in [0.05, 0.1) is 18.5 Å². The molecule has 0 aromatic heterocycles. The average Bonchev–Trinajstić information content (AvgIpc) is 2.65. The average molecular weight is 180 g/mol. The van der Waals surface area contributed by atoms with Crippen LogP contribution in [0.15, 0.2) is 0 Å². The van der Waals surface area contributed by atoms with Crippen LogP contribution in [-0.2, 0) is 19.0 Å². The standard InChI is InChI=1S/C6H12O4S/c1-5(2)11(7,8)10-4-6-3-9-6/h5-6H,3-4H2,1-2H3/t6-/m1/s1. The Morgan fingerprint density at radius 2 is 2.18 bits per heavy atom. The number of ether oxygens (including phenoxy) is 1. The third kappa shape index (κ3) is 2.76. The SMILES string of the molecule is CC(C)S(=O)(=O)OC[C@H]1CO1. The van der Waals surface area contributed by atoms with Crippen LogP contribution in [-0.4, -0.2) is 33.0 Å². The second-order valence-electron chi connectivity index (χ2n) is 2.78. The van der Waals surface area contributed by atoms with Crippen LogP contribution in [0.2, 0.25) is 0 Å². The third-order valence-corrected chi connectivity index (χ3v) is 3.02. The van der Waals surface area contributed by atoms with Gasteiger partial charge in [0, 0.05) is 0 Å². The Morgan fingerprint density at radius 3 is 2.55 bits per heavy atom. The maximum atomic E-state index is 11.0. The highest BCUT2D eigenvalue weighted by atomic mass is 32.2. The quantitative estimate of drug-likeness (QED) is 0.456. The third-order valence-electron chi connectivity index (χ3n) is 1.40. The van der Waals surface area contributed by atoms with Crippen LogP contribution in [0.3, 0.4) is 0 Å². The molecule has 0 amide bonds. The van der Waals surface area contributed by atoms with Crippen LogP contribution in [0.1, 0.15) is 13.8 Å². The van der Waals surface area contributed by atoms with E-state index in [-0.39, 0.29) is 12.7 Å². The Labute approximate surface area is 66.6 Å². The lowest BCUT2D eigenvalue weighted by atomic mass is 10.5. The van der Waals surface area contributed by atoms with Crippen LogP contribution in [0.5, 0.6) is 0 Å². The fourth-order valence-corrected chi connectivity index (χ4v) is 1.08. The number of epoxide rings is 1. The number of hydrogen-bond acceptors (Lipinski definition) is 4. The molecule has 0 aromatic rings. The molecule has 0 saturated carbocycles. The van der Waals surface area contributed by atoms with Gasteiger partial charge in [0.25, 0.3) is 10.1 Å². The molecule has 66 valence electrons. The van der Waals surface area contributed by atoms with Gasteiger partial charge in [0.2, 0.25) is 0 Å². The van der Waals surface area contributed by atoms with Gasteiger partial charge >= 0.3 is 0 Å². The van der Waals surface area contributed by atoms with Crippen molar-refractivity contribution >= 4 is 10.1 Å². The summed E-state index contributed by atoms with van der Waals surface area (Å²) in [5.41, 5.74) is 0. The first-order chi connectivity index (χ1) is 5.02. The van der Waals surface area contributed by atoms with E-state index < -0.39 is 15.4 Å². The highest BCUT2D eigenvalue weighted by molar-refractivity contribution is 7.87. The predicted octanol–water partition coefficient (Wildman–Crippen LogP) is 0.140. The highest BCUT2D eigenvalue weighted by Gasteiger charge is 2.26. The zero-order chi connectivity index (χ0) is 8.48. The van der Waals surface area contributed by atoms with Gasteiger partial charge in [-0.15, -0.1) is 0 Å². The molecule has 0 spiro atoms. The lowest BCUT2D eigenvalue weighted by Crippen LogP contribution is -2.19. The Balaban J connectivity index is 2.33. The van der Waals surface area contributed by atoms with E-state index in [9.17, 15) is 8.42 Å². The summed E-state index contributed by atoms with van der Waals surface area (Å²) < 4.78 is 31.4. The van der Waals surface area contributed by atoms with Crippen LogP contribution in [0.25, 0.3) is 0 Å². The molecule has 0 N–H and O–H groups in total. The lowest BCUT2D eigenvalue weighted by Gasteiger charge is -2.05. The molecule has 1 heterocycles. The van der Waals surface area contributed by atoms with Crippen molar-refractivity contribution in [2.45, 2.75) is 25.2 Å². The van der Waals surface area contributed by atoms with Gasteiger partial charge in [-0.05, 0) is 13.8 Å². The molecule has 11 heavy (non-hydrogen) atoms. The van der Waals surface area contributed by atoms with Crippen LogP contribution in [0.4, 0.5) is 0 Å². The minimum Gasteiger partial charge on any atom is -0.371 e. The van der Waals surface area contributed by atoms with E-state index in [1.807, 2.05) is 0 Å². The van der Waals surface area contributed by atoms with Crippen molar-refractivity contribution in [3.8, 4) is 0 Å². The van der Waals surface area contributed by atoms with E-state index >= 15 is 0 Å². The molecular formula is C6H12O4S. The molecule has 0 radical (unpaired) electrons. The second-order valence-corrected chi connectivity index (χ2v) is 4.95. The largest absolute Gasteiger partial charge is 0.371 e. The molecule has 0 aromatic carbocycles.